The zero-order valence-corrected chi connectivity index (χ0v) is 24.3. The summed E-state index contributed by atoms with van der Waals surface area (Å²) in [5.41, 5.74) is 2.66. The van der Waals surface area contributed by atoms with Gasteiger partial charge in [-0.2, -0.15) is 8.78 Å². The Balaban J connectivity index is 1.14. The molecule has 3 aliphatic rings. The molecule has 2 fully saturated rings. The van der Waals surface area contributed by atoms with E-state index >= 15 is 0 Å². The smallest absolute Gasteiger partial charge is 0.299 e. The van der Waals surface area contributed by atoms with Crippen LogP contribution in [0.15, 0.2) is 53.9 Å². The number of likely N-dealkylation sites (tertiary alicyclic amines) is 1. The Kier molecular flexibility index (Phi) is 7.70. The fourth-order valence-electron chi connectivity index (χ4n) is 5.88. The van der Waals surface area contributed by atoms with Crippen LogP contribution in [0.2, 0.25) is 0 Å². The molecule has 2 aromatic carbocycles. The summed E-state index contributed by atoms with van der Waals surface area (Å²) in [6.07, 6.45) is 0.0957. The highest BCUT2D eigenvalue weighted by atomic mass is 32.1. The Bertz CT molecular complexity index is 1660. The second-order valence-electron chi connectivity index (χ2n) is 10.9. The van der Waals surface area contributed by atoms with Crippen LogP contribution in [0.1, 0.15) is 51.3 Å². The second kappa shape index (κ2) is 11.4. The number of carbonyl (C=O) groups excluding carboxylic acids is 3. The highest BCUT2D eigenvalue weighted by Crippen LogP contribution is 2.51. The molecule has 0 bridgehead atoms. The van der Waals surface area contributed by atoms with Crippen LogP contribution in [-0.2, 0) is 25.0 Å². The maximum atomic E-state index is 14.9. The summed E-state index contributed by atoms with van der Waals surface area (Å²) in [6.45, 7) is 1.93. The van der Waals surface area contributed by atoms with Gasteiger partial charge in [0.2, 0.25) is 11.8 Å². The fraction of sp³-hybridized carbons (Fsp3) is 0.333. The van der Waals surface area contributed by atoms with Crippen LogP contribution in [0.3, 0.4) is 0 Å². The summed E-state index contributed by atoms with van der Waals surface area (Å²) in [7, 11) is 0. The molecule has 2 aliphatic heterocycles. The molecule has 1 spiro atoms. The number of fused-ring (bicyclic) bond motifs is 3. The molecule has 11 nitrogen and oxygen atoms in total. The molecule has 3 aromatic rings. The molecule has 1 aliphatic carbocycles. The van der Waals surface area contributed by atoms with Crippen LogP contribution in [0.4, 0.5) is 8.78 Å². The van der Waals surface area contributed by atoms with Gasteiger partial charge in [-0.05, 0) is 36.2 Å². The largest absolute Gasteiger partial charge is 0.347 e. The summed E-state index contributed by atoms with van der Waals surface area (Å²) in [5.74, 6) is -6.10. The number of thiophene rings is 1. The second-order valence-corrected chi connectivity index (χ2v) is 11.8. The monoisotopic (exact) mass is 625 g/mol. The van der Waals surface area contributed by atoms with E-state index < -0.39 is 48.1 Å². The summed E-state index contributed by atoms with van der Waals surface area (Å²) < 4.78 is 41.4. The van der Waals surface area contributed by atoms with E-state index in [1.54, 1.807) is 36.0 Å². The SMILES string of the molecule is C[C@@H](NC(=O)C1CC2(CN1C(=O)CNC(=O)c1ccc3c(c1)-c1ccccc1C3(F)F)OCCO2)c1cc(C(=N)NO)cs1. The maximum absolute atomic E-state index is 14.9. The van der Waals surface area contributed by atoms with Crippen LogP contribution in [-0.4, -0.2) is 71.8 Å². The Labute approximate surface area is 254 Å². The van der Waals surface area contributed by atoms with Crippen molar-refractivity contribution in [1.29, 1.82) is 5.41 Å². The van der Waals surface area contributed by atoms with Gasteiger partial charge in [-0.3, -0.25) is 30.5 Å². The van der Waals surface area contributed by atoms with Crippen molar-refractivity contribution < 1.29 is 37.8 Å². The highest BCUT2D eigenvalue weighted by Gasteiger charge is 2.52. The van der Waals surface area contributed by atoms with Crippen LogP contribution in [0.5, 0.6) is 0 Å². The molecule has 3 heterocycles. The van der Waals surface area contributed by atoms with Crippen LogP contribution < -0.4 is 16.1 Å². The van der Waals surface area contributed by atoms with Crippen molar-refractivity contribution in [3.05, 3.63) is 81.0 Å². The van der Waals surface area contributed by atoms with Crippen LogP contribution in [0, 0.1) is 5.41 Å². The molecule has 0 saturated carbocycles. The first kappa shape index (κ1) is 29.8. The van der Waals surface area contributed by atoms with Gasteiger partial charge in [-0.25, -0.2) is 0 Å². The molecule has 1 unspecified atom stereocenters. The number of hydrogen-bond donors (Lipinski definition) is 5. The van der Waals surface area contributed by atoms with E-state index in [1.165, 1.54) is 46.6 Å². The zero-order valence-electron chi connectivity index (χ0n) is 23.5. The molecule has 230 valence electrons. The minimum atomic E-state index is -3.18. The summed E-state index contributed by atoms with van der Waals surface area (Å²) in [6, 6.07) is 10.3. The van der Waals surface area contributed by atoms with Gasteiger partial charge >= 0.3 is 0 Å². The molecule has 3 amide bonds. The molecule has 44 heavy (non-hydrogen) atoms. The number of nitrogens with zero attached hydrogens (tertiary/aromatic N) is 1. The minimum Gasteiger partial charge on any atom is -0.347 e. The van der Waals surface area contributed by atoms with E-state index in [1.807, 2.05) is 0 Å². The van der Waals surface area contributed by atoms with Gasteiger partial charge in [-0.15, -0.1) is 11.3 Å². The van der Waals surface area contributed by atoms with E-state index in [0.29, 0.717) is 24.3 Å². The molecule has 5 N–H and O–H groups in total. The third-order valence-electron chi connectivity index (χ3n) is 8.11. The Morgan fingerprint density at radius 3 is 2.57 bits per heavy atom. The standard InChI is InChI=1S/C30H29F2N5O6S/c1-16(24-11-18(14-44-24)26(33)36-41)35-28(40)23-12-29(42-8-9-43-29)15-37(23)25(38)13-34-27(39)17-6-7-22-20(10-17)19-4-2-3-5-21(19)30(22,31)32/h2-7,10-11,14,16,23,41H,8-9,12-13,15H2,1H3,(H2,33,36)(H,34,39)(H,35,40)/t16-,23?/m1/s1. The average molecular weight is 626 g/mol. The lowest BCUT2D eigenvalue weighted by Gasteiger charge is -2.25. The van der Waals surface area contributed by atoms with Crippen molar-refractivity contribution >= 4 is 34.9 Å². The van der Waals surface area contributed by atoms with Crippen molar-refractivity contribution in [2.24, 2.45) is 0 Å². The van der Waals surface area contributed by atoms with E-state index in [4.69, 9.17) is 20.1 Å². The van der Waals surface area contributed by atoms with Crippen molar-refractivity contribution in [2.75, 3.05) is 26.3 Å². The van der Waals surface area contributed by atoms with Gasteiger partial charge < -0.3 is 25.0 Å². The Morgan fingerprint density at radius 2 is 1.82 bits per heavy atom. The van der Waals surface area contributed by atoms with Crippen molar-refractivity contribution in [1.82, 2.24) is 21.0 Å². The normalized spacial score (nSPS) is 19.7. The van der Waals surface area contributed by atoms with E-state index in [2.05, 4.69) is 10.6 Å². The quantitative estimate of drug-likeness (QED) is 0.154. The summed E-state index contributed by atoms with van der Waals surface area (Å²) in [4.78, 5) is 41.9. The zero-order chi connectivity index (χ0) is 31.2. The molecule has 0 radical (unpaired) electrons. The Hall–Kier alpha value is -4.24. The van der Waals surface area contributed by atoms with E-state index in [9.17, 15) is 23.2 Å². The average Bonchev–Trinajstić information content (AvgIpc) is 3.82. The number of carbonyl (C=O) groups is 3. The number of hydroxylamine groups is 1. The van der Waals surface area contributed by atoms with Gasteiger partial charge in [0.25, 0.3) is 11.8 Å². The molecular formula is C30H29F2N5O6S. The lowest BCUT2D eigenvalue weighted by Crippen LogP contribution is -2.49. The number of alkyl halides is 2. The van der Waals surface area contributed by atoms with Crippen LogP contribution in [0.25, 0.3) is 11.1 Å². The maximum Gasteiger partial charge on any atom is 0.299 e. The lowest BCUT2D eigenvalue weighted by atomic mass is 10.0. The molecule has 2 saturated heterocycles. The first-order chi connectivity index (χ1) is 21.0. The van der Waals surface area contributed by atoms with Crippen molar-refractivity contribution in [3.8, 4) is 11.1 Å². The summed E-state index contributed by atoms with van der Waals surface area (Å²) >= 11 is 1.30. The number of halogens is 2. The number of ether oxygens (including phenoxy) is 2. The lowest BCUT2D eigenvalue weighted by molar-refractivity contribution is -0.152. The third kappa shape index (κ3) is 5.23. The molecular weight excluding hydrogens is 596 g/mol. The molecule has 2 atom stereocenters. The first-order valence-corrected chi connectivity index (χ1v) is 14.8. The van der Waals surface area contributed by atoms with Gasteiger partial charge in [-0.1, -0.05) is 30.3 Å². The third-order valence-corrected chi connectivity index (χ3v) is 9.23. The molecule has 1 aromatic heterocycles. The topological polar surface area (TPSA) is 153 Å². The van der Waals surface area contributed by atoms with Crippen molar-refractivity contribution in [2.45, 2.75) is 37.1 Å². The predicted molar refractivity (Wildman–Crippen MR) is 155 cm³/mol. The number of hydrogen-bond acceptors (Lipinski definition) is 8. The van der Waals surface area contributed by atoms with E-state index in [0.717, 1.165) is 4.88 Å². The number of amides is 3. The van der Waals surface area contributed by atoms with E-state index in [-0.39, 0.29) is 41.1 Å². The molecule has 6 rings (SSSR count). The molecule has 14 heteroatoms. The number of amidine groups is 1. The highest BCUT2D eigenvalue weighted by molar-refractivity contribution is 7.10. The first-order valence-electron chi connectivity index (χ1n) is 13.9. The Morgan fingerprint density at radius 1 is 1.09 bits per heavy atom. The van der Waals surface area contributed by atoms with Crippen LogP contribution >= 0.6 is 11.3 Å². The number of nitrogens with one attached hydrogen (secondary N) is 4. The minimum absolute atomic E-state index is 0.0125. The van der Waals surface area contributed by atoms with Gasteiger partial charge in [0.1, 0.15) is 11.9 Å². The van der Waals surface area contributed by atoms with Crippen molar-refractivity contribution in [3.63, 3.8) is 0 Å². The fourth-order valence-corrected chi connectivity index (χ4v) is 6.78. The predicted octanol–water partition coefficient (Wildman–Crippen LogP) is 3.12. The van der Waals surface area contributed by atoms with Gasteiger partial charge in [0.05, 0.1) is 32.3 Å². The number of rotatable bonds is 7. The van der Waals surface area contributed by atoms with Gasteiger partial charge in [0.15, 0.2) is 5.79 Å². The number of benzene rings is 2. The summed E-state index contributed by atoms with van der Waals surface area (Å²) in [5, 5.41) is 23.8. The van der Waals surface area contributed by atoms with Gasteiger partial charge in [0, 0.05) is 38.9 Å².